The predicted molar refractivity (Wildman–Crippen MR) is 95.8 cm³/mol. The number of likely N-dealkylation sites (tertiary alicyclic amines) is 1. The molecule has 1 aliphatic heterocycles. The number of aliphatic carboxylic acids is 1. The third-order valence-electron chi connectivity index (χ3n) is 5.27. The summed E-state index contributed by atoms with van der Waals surface area (Å²) < 4.78 is 5.52. The van der Waals surface area contributed by atoms with E-state index in [9.17, 15) is 14.7 Å². The van der Waals surface area contributed by atoms with Gasteiger partial charge in [-0.1, -0.05) is 48.5 Å². The molecular formula is C20H20N2O4. The van der Waals surface area contributed by atoms with Crippen molar-refractivity contribution in [3.8, 4) is 11.1 Å². The highest BCUT2D eigenvalue weighted by Crippen LogP contribution is 2.44. The summed E-state index contributed by atoms with van der Waals surface area (Å²) in [5.74, 6) is -1.14. The third kappa shape index (κ3) is 2.63. The van der Waals surface area contributed by atoms with E-state index >= 15 is 0 Å². The molecule has 0 radical (unpaired) electrons. The summed E-state index contributed by atoms with van der Waals surface area (Å²) in [5, 5.41) is 9.31. The monoisotopic (exact) mass is 352 g/mol. The van der Waals surface area contributed by atoms with E-state index in [4.69, 9.17) is 10.5 Å². The van der Waals surface area contributed by atoms with Gasteiger partial charge in [-0.25, -0.2) is 9.59 Å². The van der Waals surface area contributed by atoms with Gasteiger partial charge in [-0.3, -0.25) is 4.90 Å². The fourth-order valence-electron chi connectivity index (χ4n) is 4.01. The summed E-state index contributed by atoms with van der Waals surface area (Å²) in [6.45, 7) is 0.472. The molecule has 6 heteroatoms. The van der Waals surface area contributed by atoms with Gasteiger partial charge in [0.05, 0.1) is 0 Å². The quantitative estimate of drug-likeness (QED) is 0.885. The molecule has 6 nitrogen and oxygen atoms in total. The number of fused-ring (bicyclic) bond motifs is 3. The van der Waals surface area contributed by atoms with E-state index in [-0.39, 0.29) is 12.5 Å². The lowest BCUT2D eigenvalue weighted by molar-refractivity contribution is -0.142. The standard InChI is InChI=1S/C20H20N2O4/c21-17-9-10-22(18(17)19(23)24)20(25)26-11-16-14-7-3-1-5-12(14)13-6-2-4-8-15(13)16/h1-8,16-18H,9-11,21H2,(H,23,24)/t17-,18+/m1/s1. The fraction of sp³-hybridized carbons (Fsp3) is 0.300. The number of carbonyl (C=O) groups is 2. The second-order valence-corrected chi connectivity index (χ2v) is 6.73. The lowest BCUT2D eigenvalue weighted by atomic mass is 9.98. The number of carboxylic acid groups (broad SMARTS) is 1. The molecule has 1 aliphatic carbocycles. The molecule has 4 rings (SSSR count). The van der Waals surface area contributed by atoms with Crippen LogP contribution in [0, 0.1) is 0 Å². The van der Waals surface area contributed by atoms with Crippen molar-refractivity contribution in [3.05, 3.63) is 59.7 Å². The Morgan fingerprint density at radius 3 is 2.23 bits per heavy atom. The number of carboxylic acids is 1. The molecule has 3 N–H and O–H groups in total. The molecule has 0 spiro atoms. The highest BCUT2D eigenvalue weighted by Gasteiger charge is 2.41. The molecule has 26 heavy (non-hydrogen) atoms. The number of benzene rings is 2. The van der Waals surface area contributed by atoms with Crippen LogP contribution in [0.3, 0.4) is 0 Å². The number of nitrogens with zero attached hydrogens (tertiary/aromatic N) is 1. The molecule has 0 unspecified atom stereocenters. The molecule has 134 valence electrons. The maximum absolute atomic E-state index is 12.5. The van der Waals surface area contributed by atoms with Gasteiger partial charge in [0.15, 0.2) is 0 Å². The zero-order chi connectivity index (χ0) is 18.3. The Balaban J connectivity index is 1.53. The Hall–Kier alpha value is -2.86. The number of rotatable bonds is 3. The summed E-state index contributed by atoms with van der Waals surface area (Å²) in [6, 6.07) is 14.6. The molecule has 2 aliphatic rings. The summed E-state index contributed by atoms with van der Waals surface area (Å²) in [5.41, 5.74) is 10.4. The first-order valence-corrected chi connectivity index (χ1v) is 8.68. The first-order chi connectivity index (χ1) is 12.6. The van der Waals surface area contributed by atoms with Crippen molar-refractivity contribution >= 4 is 12.1 Å². The van der Waals surface area contributed by atoms with Crippen LogP contribution < -0.4 is 5.73 Å². The van der Waals surface area contributed by atoms with Gasteiger partial charge >= 0.3 is 12.1 Å². The van der Waals surface area contributed by atoms with Crippen molar-refractivity contribution in [1.29, 1.82) is 0 Å². The Bertz CT molecular complexity index is 821. The molecule has 1 fully saturated rings. The van der Waals surface area contributed by atoms with Gasteiger partial charge in [0.1, 0.15) is 12.6 Å². The van der Waals surface area contributed by atoms with E-state index in [1.165, 1.54) is 4.90 Å². The smallest absolute Gasteiger partial charge is 0.410 e. The summed E-state index contributed by atoms with van der Waals surface area (Å²) >= 11 is 0. The van der Waals surface area contributed by atoms with E-state index in [0.717, 1.165) is 22.3 Å². The maximum atomic E-state index is 12.5. The molecule has 1 amide bonds. The van der Waals surface area contributed by atoms with Gasteiger partial charge in [0.25, 0.3) is 0 Å². The highest BCUT2D eigenvalue weighted by molar-refractivity contribution is 5.82. The van der Waals surface area contributed by atoms with Crippen molar-refractivity contribution in [3.63, 3.8) is 0 Å². The van der Waals surface area contributed by atoms with Crippen LogP contribution in [-0.4, -0.2) is 47.3 Å². The van der Waals surface area contributed by atoms with Crippen LogP contribution in [0.25, 0.3) is 11.1 Å². The average molecular weight is 352 g/mol. The molecule has 0 saturated carbocycles. The normalized spacial score (nSPS) is 21.3. The van der Waals surface area contributed by atoms with Crippen molar-refractivity contribution in [1.82, 2.24) is 4.90 Å². The predicted octanol–water partition coefficient (Wildman–Crippen LogP) is 2.42. The first-order valence-electron chi connectivity index (χ1n) is 8.68. The molecule has 2 atom stereocenters. The van der Waals surface area contributed by atoms with Gasteiger partial charge in [-0.15, -0.1) is 0 Å². The highest BCUT2D eigenvalue weighted by atomic mass is 16.6. The van der Waals surface area contributed by atoms with E-state index in [0.29, 0.717) is 13.0 Å². The number of hydrogen-bond acceptors (Lipinski definition) is 4. The SMILES string of the molecule is N[C@@H]1CCN(C(=O)OCC2c3ccccc3-c3ccccc32)[C@@H]1C(=O)O. The van der Waals surface area contributed by atoms with E-state index in [2.05, 4.69) is 12.1 Å². The Morgan fingerprint density at radius 1 is 1.08 bits per heavy atom. The van der Waals surface area contributed by atoms with Crippen LogP contribution in [-0.2, 0) is 9.53 Å². The van der Waals surface area contributed by atoms with E-state index in [1.807, 2.05) is 36.4 Å². The van der Waals surface area contributed by atoms with Gasteiger partial charge in [0.2, 0.25) is 0 Å². The minimum Gasteiger partial charge on any atom is -0.480 e. The zero-order valence-electron chi connectivity index (χ0n) is 14.2. The Morgan fingerprint density at radius 2 is 1.65 bits per heavy atom. The number of amides is 1. The van der Waals surface area contributed by atoms with E-state index < -0.39 is 24.1 Å². The van der Waals surface area contributed by atoms with Crippen LogP contribution in [0.15, 0.2) is 48.5 Å². The molecule has 0 bridgehead atoms. The number of hydrogen-bond donors (Lipinski definition) is 2. The van der Waals surface area contributed by atoms with Crippen LogP contribution >= 0.6 is 0 Å². The van der Waals surface area contributed by atoms with Crippen molar-refractivity contribution in [2.75, 3.05) is 13.2 Å². The molecule has 2 aromatic rings. The van der Waals surface area contributed by atoms with Gasteiger partial charge in [0, 0.05) is 18.5 Å². The lowest BCUT2D eigenvalue weighted by Crippen LogP contribution is -2.48. The first kappa shape index (κ1) is 16.6. The second kappa shape index (κ2) is 6.46. The van der Waals surface area contributed by atoms with Crippen LogP contribution in [0.4, 0.5) is 4.79 Å². The molecule has 2 aromatic carbocycles. The Kier molecular flexibility index (Phi) is 4.12. The molecule has 0 aromatic heterocycles. The largest absolute Gasteiger partial charge is 0.480 e. The third-order valence-corrected chi connectivity index (χ3v) is 5.27. The number of nitrogens with two attached hydrogens (primary N) is 1. The van der Waals surface area contributed by atoms with E-state index in [1.54, 1.807) is 0 Å². The van der Waals surface area contributed by atoms with Crippen molar-refractivity contribution in [2.24, 2.45) is 5.73 Å². The molecule has 1 heterocycles. The molecule has 1 saturated heterocycles. The second-order valence-electron chi connectivity index (χ2n) is 6.73. The van der Waals surface area contributed by atoms with Gasteiger partial charge < -0.3 is 15.6 Å². The minimum absolute atomic E-state index is 0.0501. The average Bonchev–Trinajstić information content (AvgIpc) is 3.18. The van der Waals surface area contributed by atoms with Crippen molar-refractivity contribution < 1.29 is 19.4 Å². The fourth-order valence-corrected chi connectivity index (χ4v) is 4.01. The van der Waals surface area contributed by atoms with Crippen LogP contribution in [0.1, 0.15) is 23.5 Å². The maximum Gasteiger partial charge on any atom is 0.410 e. The van der Waals surface area contributed by atoms with Crippen LogP contribution in [0.2, 0.25) is 0 Å². The number of ether oxygens (including phenoxy) is 1. The van der Waals surface area contributed by atoms with Gasteiger partial charge in [-0.2, -0.15) is 0 Å². The summed E-state index contributed by atoms with van der Waals surface area (Å²) in [4.78, 5) is 25.1. The van der Waals surface area contributed by atoms with Crippen molar-refractivity contribution in [2.45, 2.75) is 24.4 Å². The van der Waals surface area contributed by atoms with Crippen LogP contribution in [0.5, 0.6) is 0 Å². The number of carbonyl (C=O) groups excluding carboxylic acids is 1. The zero-order valence-corrected chi connectivity index (χ0v) is 14.2. The lowest BCUT2D eigenvalue weighted by Gasteiger charge is -2.23. The summed E-state index contributed by atoms with van der Waals surface area (Å²) in [7, 11) is 0. The minimum atomic E-state index is -1.09. The molecular weight excluding hydrogens is 332 g/mol. The topological polar surface area (TPSA) is 92.9 Å². The summed E-state index contributed by atoms with van der Waals surface area (Å²) in [6.07, 6.45) is -0.159. The Labute approximate surface area is 151 Å². The van der Waals surface area contributed by atoms with Gasteiger partial charge in [-0.05, 0) is 28.7 Å².